The topological polar surface area (TPSA) is 81.4 Å². The summed E-state index contributed by atoms with van der Waals surface area (Å²) in [5.74, 6) is 0.230. The van der Waals surface area contributed by atoms with Gasteiger partial charge in [-0.3, -0.25) is 4.79 Å². The molecule has 3 aromatic carbocycles. The third-order valence-corrected chi connectivity index (χ3v) is 5.88. The summed E-state index contributed by atoms with van der Waals surface area (Å²) in [7, 11) is 0. The van der Waals surface area contributed by atoms with E-state index in [1.54, 1.807) is 0 Å². The lowest BCUT2D eigenvalue weighted by molar-refractivity contribution is 0.111. The molecule has 0 radical (unpaired) electrons. The minimum Gasteiger partial charge on any atom is -0.449 e. The molecule has 1 atom stereocenters. The fraction of sp³-hybridized carbons (Fsp3) is 0.148. The second-order valence-electron chi connectivity index (χ2n) is 7.94. The minimum atomic E-state index is -0.572. The summed E-state index contributed by atoms with van der Waals surface area (Å²) < 4.78 is 11.1. The summed E-state index contributed by atoms with van der Waals surface area (Å²) in [5, 5.41) is 2.86. The van der Waals surface area contributed by atoms with Crippen LogP contribution in [0.5, 0.6) is 0 Å². The maximum atomic E-state index is 12.8. The van der Waals surface area contributed by atoms with Crippen LogP contribution in [-0.4, -0.2) is 24.0 Å². The maximum Gasteiger partial charge on any atom is 0.407 e. The molecule has 0 aliphatic heterocycles. The lowest BCUT2D eigenvalue weighted by atomic mass is 9.98. The normalized spacial score (nSPS) is 13.1. The van der Waals surface area contributed by atoms with Crippen LogP contribution in [0.3, 0.4) is 0 Å². The third kappa shape index (κ3) is 4.28. The second-order valence-corrected chi connectivity index (χ2v) is 7.94. The maximum absolute atomic E-state index is 12.8. The molecule has 1 heterocycles. The van der Waals surface area contributed by atoms with Crippen LogP contribution >= 0.6 is 0 Å². The number of aldehydes is 1. The number of rotatable bonds is 7. The largest absolute Gasteiger partial charge is 0.449 e. The molecule has 1 aliphatic rings. The van der Waals surface area contributed by atoms with Gasteiger partial charge in [-0.15, -0.1) is 0 Å². The van der Waals surface area contributed by atoms with E-state index in [0.29, 0.717) is 12.7 Å². The fourth-order valence-electron chi connectivity index (χ4n) is 4.35. The zero-order valence-electron chi connectivity index (χ0n) is 17.8. The molecule has 0 saturated heterocycles. The highest BCUT2D eigenvalue weighted by Gasteiger charge is 2.29. The van der Waals surface area contributed by atoms with Crippen LogP contribution in [0.1, 0.15) is 45.0 Å². The van der Waals surface area contributed by atoms with Crippen molar-refractivity contribution in [3.63, 3.8) is 0 Å². The Hall–Kier alpha value is -4.19. The number of amides is 1. The van der Waals surface area contributed by atoms with Crippen molar-refractivity contribution in [1.82, 2.24) is 10.3 Å². The Morgan fingerprint density at radius 1 is 0.970 bits per heavy atom. The summed E-state index contributed by atoms with van der Waals surface area (Å²) in [6.45, 7) is 0.211. The molecule has 6 nitrogen and oxygen atoms in total. The predicted octanol–water partition coefficient (Wildman–Crippen LogP) is 5.31. The Morgan fingerprint density at radius 3 is 2.24 bits per heavy atom. The van der Waals surface area contributed by atoms with Gasteiger partial charge in [0.05, 0.1) is 0 Å². The molecule has 1 aromatic heterocycles. The number of benzene rings is 3. The quantitative estimate of drug-likeness (QED) is 0.396. The lowest BCUT2D eigenvalue weighted by Gasteiger charge is -2.18. The van der Waals surface area contributed by atoms with Gasteiger partial charge in [0, 0.05) is 12.3 Å². The number of hydrogen-bond acceptors (Lipinski definition) is 5. The van der Waals surface area contributed by atoms with Crippen LogP contribution in [-0.2, 0) is 11.2 Å². The van der Waals surface area contributed by atoms with Gasteiger partial charge >= 0.3 is 6.09 Å². The van der Waals surface area contributed by atoms with Crippen LogP contribution in [0.25, 0.3) is 11.1 Å². The number of oxazole rings is 1. The van der Waals surface area contributed by atoms with Gasteiger partial charge in [0.1, 0.15) is 24.6 Å². The number of fused-ring (bicyclic) bond motifs is 3. The highest BCUT2D eigenvalue weighted by Crippen LogP contribution is 2.44. The van der Waals surface area contributed by atoms with Gasteiger partial charge in [-0.05, 0) is 27.8 Å². The Kier molecular flexibility index (Phi) is 5.72. The molecule has 0 fully saturated rings. The van der Waals surface area contributed by atoms with Crippen LogP contribution in [0.2, 0.25) is 0 Å². The summed E-state index contributed by atoms with van der Waals surface area (Å²) >= 11 is 0. The third-order valence-electron chi connectivity index (χ3n) is 5.88. The minimum absolute atomic E-state index is 0.0286. The molecular formula is C27H22N2O4. The molecule has 0 saturated carbocycles. The highest BCUT2D eigenvalue weighted by atomic mass is 16.5. The van der Waals surface area contributed by atoms with E-state index < -0.39 is 12.1 Å². The van der Waals surface area contributed by atoms with Crippen molar-refractivity contribution in [3.05, 3.63) is 113 Å². The number of carbonyl (C=O) groups is 2. The molecule has 4 aromatic rings. The standard InChI is InChI=1S/C27H22N2O4/c30-15-19-16-32-26(28-19)25(14-18-8-2-1-3-9-18)29-27(31)33-17-24-22-12-6-4-10-20(22)21-11-5-7-13-23(21)24/h1-13,15-16,24-25H,14,17H2,(H,29,31)/t25-/m1/s1. The van der Waals surface area contributed by atoms with Crippen molar-refractivity contribution in [2.75, 3.05) is 6.61 Å². The van der Waals surface area contributed by atoms with Gasteiger partial charge in [-0.2, -0.15) is 0 Å². The van der Waals surface area contributed by atoms with E-state index in [1.165, 1.54) is 17.4 Å². The monoisotopic (exact) mass is 438 g/mol. The first-order valence-corrected chi connectivity index (χ1v) is 10.8. The fourth-order valence-corrected chi connectivity index (χ4v) is 4.35. The van der Waals surface area contributed by atoms with Crippen molar-refractivity contribution in [3.8, 4) is 11.1 Å². The van der Waals surface area contributed by atoms with E-state index >= 15 is 0 Å². The van der Waals surface area contributed by atoms with Gasteiger partial charge in [0.25, 0.3) is 0 Å². The second kappa shape index (κ2) is 9.12. The molecular weight excluding hydrogens is 416 g/mol. The van der Waals surface area contributed by atoms with Crippen molar-refractivity contribution in [1.29, 1.82) is 0 Å². The Labute approximate surface area is 191 Å². The van der Waals surface area contributed by atoms with E-state index in [4.69, 9.17) is 9.15 Å². The molecule has 1 amide bonds. The molecule has 1 N–H and O–H groups in total. The van der Waals surface area contributed by atoms with E-state index in [2.05, 4.69) is 34.6 Å². The molecule has 0 spiro atoms. The van der Waals surface area contributed by atoms with Crippen molar-refractivity contribution in [2.45, 2.75) is 18.4 Å². The van der Waals surface area contributed by atoms with Crippen molar-refractivity contribution >= 4 is 12.4 Å². The average Bonchev–Trinajstić information content (AvgIpc) is 3.46. The molecule has 0 bridgehead atoms. The van der Waals surface area contributed by atoms with Gasteiger partial charge in [0.15, 0.2) is 6.29 Å². The number of aromatic nitrogens is 1. The Morgan fingerprint density at radius 2 is 1.61 bits per heavy atom. The first kappa shape index (κ1) is 20.7. The average molecular weight is 438 g/mol. The number of hydrogen-bond donors (Lipinski definition) is 1. The molecule has 6 heteroatoms. The number of nitrogens with one attached hydrogen (secondary N) is 1. The predicted molar refractivity (Wildman–Crippen MR) is 123 cm³/mol. The van der Waals surface area contributed by atoms with Crippen LogP contribution in [0.4, 0.5) is 4.79 Å². The number of alkyl carbamates (subject to hydrolysis) is 1. The van der Waals surface area contributed by atoms with E-state index in [9.17, 15) is 9.59 Å². The van der Waals surface area contributed by atoms with Crippen LogP contribution < -0.4 is 5.32 Å². The first-order valence-electron chi connectivity index (χ1n) is 10.8. The van der Waals surface area contributed by atoms with Crippen LogP contribution in [0.15, 0.2) is 89.5 Å². The highest BCUT2D eigenvalue weighted by molar-refractivity contribution is 5.79. The van der Waals surface area contributed by atoms with Gasteiger partial charge in [0.2, 0.25) is 5.89 Å². The summed E-state index contributed by atoms with van der Waals surface area (Å²) in [6.07, 6.45) is 1.77. The molecule has 33 heavy (non-hydrogen) atoms. The van der Waals surface area contributed by atoms with Crippen molar-refractivity contribution in [2.24, 2.45) is 0 Å². The number of ether oxygens (including phenoxy) is 1. The van der Waals surface area contributed by atoms with Gasteiger partial charge in [-0.25, -0.2) is 9.78 Å². The Balaban J connectivity index is 1.32. The molecule has 5 rings (SSSR count). The number of carbonyl (C=O) groups excluding carboxylic acids is 2. The summed E-state index contributed by atoms with van der Waals surface area (Å²) in [6, 6.07) is 25.5. The first-order chi connectivity index (χ1) is 16.2. The van der Waals surface area contributed by atoms with Gasteiger partial charge < -0.3 is 14.5 Å². The zero-order chi connectivity index (χ0) is 22.6. The number of nitrogens with zero attached hydrogens (tertiary/aromatic N) is 1. The molecule has 164 valence electrons. The van der Waals surface area contributed by atoms with E-state index in [-0.39, 0.29) is 24.1 Å². The molecule has 1 aliphatic carbocycles. The lowest BCUT2D eigenvalue weighted by Crippen LogP contribution is -2.31. The van der Waals surface area contributed by atoms with E-state index in [0.717, 1.165) is 16.7 Å². The van der Waals surface area contributed by atoms with Crippen molar-refractivity contribution < 1.29 is 18.7 Å². The van der Waals surface area contributed by atoms with Crippen LogP contribution in [0, 0.1) is 0 Å². The smallest absolute Gasteiger partial charge is 0.407 e. The molecule has 0 unspecified atom stereocenters. The Bertz CT molecular complexity index is 1240. The SMILES string of the molecule is O=Cc1coc([C@@H](Cc2ccccc2)NC(=O)OCC2c3ccccc3-c3ccccc32)n1. The summed E-state index contributed by atoms with van der Waals surface area (Å²) in [5.41, 5.74) is 5.81. The summed E-state index contributed by atoms with van der Waals surface area (Å²) in [4.78, 5) is 28.0. The van der Waals surface area contributed by atoms with E-state index in [1.807, 2.05) is 54.6 Å². The zero-order valence-corrected chi connectivity index (χ0v) is 17.8. The van der Waals surface area contributed by atoms with Gasteiger partial charge in [-0.1, -0.05) is 78.9 Å².